The number of hydrogen-bond donors (Lipinski definition) is 0. The van der Waals surface area contributed by atoms with Crippen molar-refractivity contribution < 1.29 is 23.8 Å². The minimum Gasteiger partial charge on any atom is -0.497 e. The zero-order chi connectivity index (χ0) is 26.7. The Bertz CT molecular complexity index is 1300. The molecule has 2 heterocycles. The first kappa shape index (κ1) is 26.1. The van der Waals surface area contributed by atoms with Gasteiger partial charge in [-0.15, -0.1) is 0 Å². The molecule has 2 aliphatic heterocycles. The van der Waals surface area contributed by atoms with Gasteiger partial charge in [-0.1, -0.05) is 23.7 Å². The topological polar surface area (TPSA) is 68.3 Å². The number of nitrogens with zero attached hydrogens (tertiary/aromatic N) is 2. The maximum atomic E-state index is 13.3. The van der Waals surface area contributed by atoms with Gasteiger partial charge in [0.1, 0.15) is 11.5 Å². The van der Waals surface area contributed by atoms with E-state index in [2.05, 4.69) is 11.0 Å². The van der Waals surface area contributed by atoms with Crippen molar-refractivity contribution in [2.75, 3.05) is 45.4 Å². The Morgan fingerprint density at radius 2 is 1.61 bits per heavy atom. The highest BCUT2D eigenvalue weighted by Gasteiger charge is 2.46. The lowest BCUT2D eigenvalue weighted by atomic mass is 9.74. The molecule has 0 saturated carbocycles. The Morgan fingerprint density at radius 3 is 2.26 bits per heavy atom. The summed E-state index contributed by atoms with van der Waals surface area (Å²) in [6.45, 7) is 3.19. The molecule has 1 fully saturated rings. The van der Waals surface area contributed by atoms with Gasteiger partial charge in [0.05, 0.1) is 19.8 Å². The Kier molecular flexibility index (Phi) is 7.58. The van der Waals surface area contributed by atoms with Crippen molar-refractivity contribution in [2.45, 2.75) is 24.8 Å². The summed E-state index contributed by atoms with van der Waals surface area (Å²) in [6, 6.07) is 20.6. The van der Waals surface area contributed by atoms with Crippen LogP contribution in [0.4, 0.5) is 5.69 Å². The molecule has 3 aromatic carbocycles. The van der Waals surface area contributed by atoms with Crippen LogP contribution in [-0.2, 0) is 21.5 Å². The monoisotopic (exact) mass is 534 g/mol. The highest BCUT2D eigenvalue weighted by Crippen LogP contribution is 2.48. The fraction of sp³-hybridized carbons (Fsp3) is 0.333. The lowest BCUT2D eigenvalue weighted by Crippen LogP contribution is -2.46. The Balaban J connectivity index is 1.28. The second-order valence-electron chi connectivity index (χ2n) is 9.85. The standard InChI is InChI=1S/C30H31ClN2O5/c1-36-25-11-12-27-26(17-25)30(20-33(27)28(34)19-38-24-9-7-23(31)8-10-24)13-15-32(16-14-30)18-21-3-5-22(6-4-21)29(35)37-2/h3-12,17H,13-16,18-20H2,1-2H3. The number of anilines is 1. The second-order valence-corrected chi connectivity index (χ2v) is 10.3. The zero-order valence-corrected chi connectivity index (χ0v) is 22.4. The molecule has 1 saturated heterocycles. The number of carbonyl (C=O) groups is 2. The average Bonchev–Trinajstić information content (AvgIpc) is 3.27. The van der Waals surface area contributed by atoms with E-state index in [1.807, 2.05) is 41.3 Å². The molecule has 1 spiro atoms. The van der Waals surface area contributed by atoms with Gasteiger partial charge in [-0.05, 0) is 91.7 Å². The van der Waals surface area contributed by atoms with E-state index in [9.17, 15) is 9.59 Å². The first-order valence-corrected chi connectivity index (χ1v) is 13.1. The van der Waals surface area contributed by atoms with Gasteiger partial charge in [-0.25, -0.2) is 4.79 Å². The maximum absolute atomic E-state index is 13.3. The smallest absolute Gasteiger partial charge is 0.337 e. The summed E-state index contributed by atoms with van der Waals surface area (Å²) in [6.07, 6.45) is 1.85. The lowest BCUT2D eigenvalue weighted by Gasteiger charge is -2.40. The Labute approximate surface area is 227 Å². The van der Waals surface area contributed by atoms with Gasteiger partial charge in [0.2, 0.25) is 0 Å². The van der Waals surface area contributed by atoms with Crippen LogP contribution in [0.2, 0.25) is 5.02 Å². The highest BCUT2D eigenvalue weighted by atomic mass is 35.5. The molecule has 5 rings (SSSR count). The van der Waals surface area contributed by atoms with Crippen molar-refractivity contribution in [2.24, 2.45) is 0 Å². The molecule has 8 heteroatoms. The fourth-order valence-electron chi connectivity index (χ4n) is 5.44. The van der Waals surface area contributed by atoms with E-state index in [1.54, 1.807) is 31.4 Å². The number of esters is 1. The summed E-state index contributed by atoms with van der Waals surface area (Å²) in [5, 5.41) is 0.623. The van der Waals surface area contributed by atoms with E-state index < -0.39 is 0 Å². The van der Waals surface area contributed by atoms with Crippen LogP contribution in [0, 0.1) is 0 Å². The number of piperidine rings is 1. The summed E-state index contributed by atoms with van der Waals surface area (Å²) >= 11 is 5.96. The predicted octanol–water partition coefficient (Wildman–Crippen LogP) is 5.09. The van der Waals surface area contributed by atoms with Crippen molar-refractivity contribution in [3.05, 3.63) is 88.4 Å². The molecule has 0 aromatic heterocycles. The fourth-order valence-corrected chi connectivity index (χ4v) is 5.57. The first-order chi connectivity index (χ1) is 18.4. The van der Waals surface area contributed by atoms with Crippen LogP contribution in [-0.4, -0.2) is 57.2 Å². The minimum absolute atomic E-state index is 0.0448. The van der Waals surface area contributed by atoms with Crippen molar-refractivity contribution in [3.8, 4) is 11.5 Å². The van der Waals surface area contributed by atoms with Gasteiger partial charge in [-0.3, -0.25) is 9.69 Å². The number of likely N-dealkylation sites (tertiary alicyclic amines) is 1. The van der Waals surface area contributed by atoms with E-state index in [4.69, 9.17) is 25.8 Å². The molecule has 0 atom stereocenters. The predicted molar refractivity (Wildman–Crippen MR) is 146 cm³/mol. The molecule has 0 radical (unpaired) electrons. The zero-order valence-electron chi connectivity index (χ0n) is 21.6. The largest absolute Gasteiger partial charge is 0.497 e. The molecular formula is C30H31ClN2O5. The molecule has 0 unspecified atom stereocenters. The second kappa shape index (κ2) is 11.1. The van der Waals surface area contributed by atoms with Crippen molar-refractivity contribution in [3.63, 3.8) is 0 Å². The third-order valence-corrected chi connectivity index (χ3v) is 7.85. The molecule has 0 bridgehead atoms. The summed E-state index contributed by atoms with van der Waals surface area (Å²) in [5.41, 5.74) is 3.67. The summed E-state index contributed by atoms with van der Waals surface area (Å²) < 4.78 is 16.1. The van der Waals surface area contributed by atoms with Gasteiger partial charge in [-0.2, -0.15) is 0 Å². The SMILES string of the molecule is COC(=O)c1ccc(CN2CCC3(CC2)CN(C(=O)COc2ccc(Cl)cc2)c2ccc(OC)cc23)cc1. The maximum Gasteiger partial charge on any atom is 0.337 e. The summed E-state index contributed by atoms with van der Waals surface area (Å²) in [5.74, 6) is 1.00. The molecule has 2 aliphatic rings. The van der Waals surface area contributed by atoms with Crippen LogP contribution < -0.4 is 14.4 Å². The van der Waals surface area contributed by atoms with Gasteiger partial charge < -0.3 is 19.1 Å². The van der Waals surface area contributed by atoms with Gasteiger partial charge >= 0.3 is 5.97 Å². The van der Waals surface area contributed by atoms with Crippen LogP contribution in [0.5, 0.6) is 11.5 Å². The lowest BCUT2D eigenvalue weighted by molar-refractivity contribution is -0.120. The number of ether oxygens (including phenoxy) is 3. The van der Waals surface area contributed by atoms with Crippen LogP contribution in [0.15, 0.2) is 66.7 Å². The van der Waals surface area contributed by atoms with E-state index in [0.717, 1.165) is 49.5 Å². The van der Waals surface area contributed by atoms with Crippen molar-refractivity contribution in [1.82, 2.24) is 4.90 Å². The third kappa shape index (κ3) is 5.35. The molecular weight excluding hydrogens is 504 g/mol. The highest BCUT2D eigenvalue weighted by molar-refractivity contribution is 6.30. The number of rotatable bonds is 7. The van der Waals surface area contributed by atoms with Gasteiger partial charge in [0.15, 0.2) is 6.61 Å². The van der Waals surface area contributed by atoms with Gasteiger partial charge in [0, 0.05) is 29.2 Å². The van der Waals surface area contributed by atoms with Crippen molar-refractivity contribution >= 4 is 29.2 Å². The van der Waals surface area contributed by atoms with Crippen molar-refractivity contribution in [1.29, 1.82) is 0 Å². The minimum atomic E-state index is -0.329. The number of benzene rings is 3. The third-order valence-electron chi connectivity index (χ3n) is 7.60. The van der Waals surface area contributed by atoms with Gasteiger partial charge in [0.25, 0.3) is 5.91 Å². The Hall–Kier alpha value is -3.55. The van der Waals surface area contributed by atoms with Crippen LogP contribution >= 0.6 is 11.6 Å². The molecule has 0 N–H and O–H groups in total. The van der Waals surface area contributed by atoms with E-state index >= 15 is 0 Å². The first-order valence-electron chi connectivity index (χ1n) is 12.7. The molecule has 3 aromatic rings. The quantitative estimate of drug-likeness (QED) is 0.393. The number of fused-ring (bicyclic) bond motifs is 2. The van der Waals surface area contributed by atoms with Crippen LogP contribution in [0.1, 0.15) is 34.3 Å². The van der Waals surface area contributed by atoms with E-state index in [-0.39, 0.29) is 23.9 Å². The van der Waals surface area contributed by atoms with Crippen LogP contribution in [0.25, 0.3) is 0 Å². The molecule has 198 valence electrons. The molecule has 7 nitrogen and oxygen atoms in total. The van der Waals surface area contributed by atoms with E-state index in [0.29, 0.717) is 22.9 Å². The summed E-state index contributed by atoms with van der Waals surface area (Å²) in [7, 11) is 3.05. The number of methoxy groups -OCH3 is 2. The van der Waals surface area contributed by atoms with E-state index in [1.165, 1.54) is 12.7 Å². The number of halogens is 1. The Morgan fingerprint density at radius 1 is 0.921 bits per heavy atom. The average molecular weight is 535 g/mol. The molecule has 38 heavy (non-hydrogen) atoms. The summed E-state index contributed by atoms with van der Waals surface area (Å²) in [4.78, 5) is 29.3. The van der Waals surface area contributed by atoms with Crippen LogP contribution in [0.3, 0.4) is 0 Å². The number of hydrogen-bond acceptors (Lipinski definition) is 6. The normalized spacial score (nSPS) is 16.2. The molecule has 1 amide bonds. The molecule has 0 aliphatic carbocycles. The number of amides is 1. The number of carbonyl (C=O) groups excluding carboxylic acids is 2.